The van der Waals surface area contributed by atoms with Crippen molar-refractivity contribution in [3.05, 3.63) is 82.1 Å². The van der Waals surface area contributed by atoms with Gasteiger partial charge >= 0.3 is 11.9 Å². The summed E-state index contributed by atoms with van der Waals surface area (Å²) in [6.45, 7) is 5.73. The van der Waals surface area contributed by atoms with Crippen LogP contribution in [-0.4, -0.2) is 54.9 Å². The summed E-state index contributed by atoms with van der Waals surface area (Å²) in [5, 5.41) is 8.44. The molecule has 1 saturated carbocycles. The second-order valence-electron chi connectivity index (χ2n) is 11.8. The van der Waals surface area contributed by atoms with E-state index in [0.29, 0.717) is 30.0 Å². The third-order valence-corrected chi connectivity index (χ3v) is 9.11. The molecule has 1 aromatic carbocycles. The van der Waals surface area contributed by atoms with Crippen LogP contribution in [0.25, 0.3) is 11.2 Å². The van der Waals surface area contributed by atoms with E-state index < -0.39 is 22.8 Å². The van der Waals surface area contributed by atoms with E-state index in [1.54, 1.807) is 25.7 Å². The van der Waals surface area contributed by atoms with Gasteiger partial charge in [0.2, 0.25) is 0 Å². The zero-order valence-corrected chi connectivity index (χ0v) is 23.7. The van der Waals surface area contributed by atoms with Gasteiger partial charge in [-0.15, -0.1) is 10.2 Å². The SMILES string of the molecule is CO[C@H]1C[C@](c2cccc(-n3cc4c(C(F)(F)F)cc([C@H](C)N5CCC[C@H](C)C5)cn4c3=O)c2)(c2nncn2C)C1. The monoisotopic (exact) mass is 568 g/mol. The number of halogens is 3. The lowest BCUT2D eigenvalue weighted by molar-refractivity contribution is -0.136. The average Bonchev–Trinajstić information content (AvgIpc) is 3.50. The number of ether oxygens (including phenoxy) is 1. The predicted octanol–water partition coefficient (Wildman–Crippen LogP) is 5.13. The maximum Gasteiger partial charge on any atom is 0.418 e. The Hall–Kier alpha value is -3.44. The van der Waals surface area contributed by atoms with E-state index in [4.69, 9.17) is 4.74 Å². The molecule has 218 valence electrons. The van der Waals surface area contributed by atoms with E-state index in [0.717, 1.165) is 41.7 Å². The summed E-state index contributed by atoms with van der Waals surface area (Å²) < 4.78 is 53.1. The standard InChI is InChI=1S/C30H35F3N6O2/c1-19-7-6-10-37(15-19)20(2)21-11-25(30(31,32)33)26-17-38(28(40)39(26)16-21)23-9-5-8-22(12-23)29(13-24(14-29)41-4)27-35-34-18-36(27)3/h5,8-9,11-12,16-20,24H,6-7,10,13-15H2,1-4H3/t19-,20-,24-,29-/m0/s1. The highest BCUT2D eigenvalue weighted by Crippen LogP contribution is 2.49. The Morgan fingerprint density at radius 3 is 2.61 bits per heavy atom. The number of aromatic nitrogens is 5. The van der Waals surface area contributed by atoms with Gasteiger partial charge in [0.25, 0.3) is 0 Å². The van der Waals surface area contributed by atoms with Crippen LogP contribution < -0.4 is 5.69 Å². The number of aryl methyl sites for hydroxylation is 1. The van der Waals surface area contributed by atoms with Gasteiger partial charge in [0.05, 0.1) is 28.3 Å². The number of methoxy groups -OCH3 is 1. The van der Waals surface area contributed by atoms with Crippen LogP contribution in [0.15, 0.2) is 53.8 Å². The number of alkyl halides is 3. The molecular formula is C30H35F3N6O2. The van der Waals surface area contributed by atoms with Crippen LogP contribution in [0.2, 0.25) is 0 Å². The van der Waals surface area contributed by atoms with Gasteiger partial charge in [0, 0.05) is 39.1 Å². The van der Waals surface area contributed by atoms with Crippen LogP contribution in [0, 0.1) is 5.92 Å². The van der Waals surface area contributed by atoms with E-state index in [9.17, 15) is 18.0 Å². The zero-order valence-electron chi connectivity index (χ0n) is 23.7. The van der Waals surface area contributed by atoms with Gasteiger partial charge < -0.3 is 9.30 Å². The third-order valence-electron chi connectivity index (χ3n) is 9.11. The number of imidazole rings is 1. The molecule has 1 aliphatic heterocycles. The molecule has 0 amide bonds. The molecule has 4 heterocycles. The van der Waals surface area contributed by atoms with Crippen molar-refractivity contribution in [2.45, 2.75) is 63.3 Å². The molecule has 0 spiro atoms. The third kappa shape index (κ3) is 4.68. The molecule has 41 heavy (non-hydrogen) atoms. The van der Waals surface area contributed by atoms with Crippen LogP contribution in [0.4, 0.5) is 13.2 Å². The number of nitrogens with zero attached hydrogens (tertiary/aromatic N) is 6. The van der Waals surface area contributed by atoms with Crippen LogP contribution in [0.1, 0.15) is 68.1 Å². The molecule has 2 aliphatic rings. The topological polar surface area (TPSA) is 69.6 Å². The lowest BCUT2D eigenvalue weighted by atomic mass is 9.62. The molecule has 2 atom stereocenters. The molecule has 8 nitrogen and oxygen atoms in total. The molecule has 3 aromatic heterocycles. The molecule has 6 rings (SSSR count). The van der Waals surface area contributed by atoms with E-state index in [-0.39, 0.29) is 17.7 Å². The Balaban J connectivity index is 1.45. The molecule has 0 unspecified atom stereocenters. The molecule has 0 bridgehead atoms. The first-order chi connectivity index (χ1) is 19.5. The second-order valence-corrected chi connectivity index (χ2v) is 11.8. The average molecular weight is 569 g/mol. The van der Waals surface area contributed by atoms with Crippen molar-refractivity contribution in [1.82, 2.24) is 28.6 Å². The summed E-state index contributed by atoms with van der Waals surface area (Å²) in [6, 6.07) is 8.36. The Morgan fingerprint density at radius 1 is 1.17 bits per heavy atom. The zero-order chi connectivity index (χ0) is 29.1. The number of hydrogen-bond donors (Lipinski definition) is 0. The van der Waals surface area contributed by atoms with E-state index >= 15 is 0 Å². The van der Waals surface area contributed by atoms with Gasteiger partial charge in [-0.1, -0.05) is 19.1 Å². The number of benzene rings is 1. The van der Waals surface area contributed by atoms with Crippen LogP contribution in [0.3, 0.4) is 0 Å². The van der Waals surface area contributed by atoms with Crippen LogP contribution in [0.5, 0.6) is 0 Å². The molecule has 0 N–H and O–H groups in total. The lowest BCUT2D eigenvalue weighted by Crippen LogP contribution is -2.48. The minimum Gasteiger partial charge on any atom is -0.381 e. The van der Waals surface area contributed by atoms with Crippen molar-refractivity contribution in [2.75, 3.05) is 20.2 Å². The second kappa shape index (κ2) is 10.1. The molecule has 1 saturated heterocycles. The molecule has 11 heteroatoms. The highest BCUT2D eigenvalue weighted by atomic mass is 19.4. The maximum absolute atomic E-state index is 14.4. The quantitative estimate of drug-likeness (QED) is 0.323. The lowest BCUT2D eigenvalue weighted by Gasteiger charge is -2.46. The number of hydrogen-bond acceptors (Lipinski definition) is 5. The summed E-state index contributed by atoms with van der Waals surface area (Å²) in [4.78, 5) is 15.9. The van der Waals surface area contributed by atoms with Gasteiger partial charge in [0.1, 0.15) is 12.2 Å². The fraction of sp³-hybridized carbons (Fsp3) is 0.500. The van der Waals surface area contributed by atoms with Crippen molar-refractivity contribution in [3.63, 3.8) is 0 Å². The summed E-state index contributed by atoms with van der Waals surface area (Å²) >= 11 is 0. The van der Waals surface area contributed by atoms with Crippen molar-refractivity contribution in [3.8, 4) is 5.69 Å². The van der Waals surface area contributed by atoms with Crippen LogP contribution >= 0.6 is 0 Å². The fourth-order valence-electron chi connectivity index (χ4n) is 6.74. The first-order valence-corrected chi connectivity index (χ1v) is 14.1. The smallest absolute Gasteiger partial charge is 0.381 e. The van der Waals surface area contributed by atoms with Crippen molar-refractivity contribution in [1.29, 1.82) is 0 Å². The van der Waals surface area contributed by atoms with Crippen LogP contribution in [-0.2, 0) is 23.4 Å². The first kappa shape index (κ1) is 27.7. The molecule has 4 aromatic rings. The van der Waals surface area contributed by atoms with E-state index in [1.807, 2.05) is 36.7 Å². The number of fused-ring (bicyclic) bond motifs is 1. The molecule has 1 aliphatic carbocycles. The molecule has 2 fully saturated rings. The minimum absolute atomic E-state index is 0.0489. The highest BCUT2D eigenvalue weighted by Gasteiger charge is 2.50. The largest absolute Gasteiger partial charge is 0.418 e. The van der Waals surface area contributed by atoms with Gasteiger partial charge in [-0.25, -0.2) is 4.79 Å². The number of piperidine rings is 1. The Morgan fingerprint density at radius 2 is 1.95 bits per heavy atom. The summed E-state index contributed by atoms with van der Waals surface area (Å²) in [7, 11) is 3.56. The predicted molar refractivity (Wildman–Crippen MR) is 148 cm³/mol. The maximum atomic E-state index is 14.4. The minimum atomic E-state index is -4.62. The highest BCUT2D eigenvalue weighted by molar-refractivity contribution is 5.58. The first-order valence-electron chi connectivity index (χ1n) is 14.1. The van der Waals surface area contributed by atoms with Gasteiger partial charge in [0.15, 0.2) is 0 Å². The van der Waals surface area contributed by atoms with Gasteiger partial charge in [-0.2, -0.15) is 13.2 Å². The van der Waals surface area contributed by atoms with E-state index in [1.165, 1.54) is 16.8 Å². The fourth-order valence-corrected chi connectivity index (χ4v) is 6.74. The Bertz CT molecular complexity index is 1630. The van der Waals surface area contributed by atoms with E-state index in [2.05, 4.69) is 22.0 Å². The number of likely N-dealkylation sites (tertiary alicyclic amines) is 1. The summed E-state index contributed by atoms with van der Waals surface area (Å²) in [5.41, 5.74) is -0.111. The molecular weight excluding hydrogens is 533 g/mol. The van der Waals surface area contributed by atoms with Crippen molar-refractivity contribution < 1.29 is 17.9 Å². The number of rotatable bonds is 6. The number of pyridine rings is 1. The van der Waals surface area contributed by atoms with Gasteiger partial charge in [-0.05, 0) is 74.4 Å². The summed E-state index contributed by atoms with van der Waals surface area (Å²) in [6.07, 6.45) is 3.44. The molecule has 0 radical (unpaired) electrons. The van der Waals surface area contributed by atoms with Crippen molar-refractivity contribution >= 4 is 5.52 Å². The Labute approximate surface area is 236 Å². The van der Waals surface area contributed by atoms with Crippen molar-refractivity contribution in [2.24, 2.45) is 13.0 Å². The van der Waals surface area contributed by atoms with Gasteiger partial charge in [-0.3, -0.25) is 13.9 Å². The normalized spacial score (nSPS) is 24.5. The Kier molecular flexibility index (Phi) is 6.85. The summed E-state index contributed by atoms with van der Waals surface area (Å²) in [5.74, 6) is 1.26.